The Morgan fingerprint density at radius 2 is 1.71 bits per heavy atom. The van der Waals surface area contributed by atoms with Crippen molar-refractivity contribution in [3.05, 3.63) is 84.6 Å². The van der Waals surface area contributed by atoms with Crippen molar-refractivity contribution in [2.45, 2.75) is 6.54 Å². The molecule has 3 rings (SSSR count). The molecule has 0 aliphatic heterocycles. The zero-order valence-electron chi connectivity index (χ0n) is 15.9. The Labute approximate surface area is 186 Å². The quantitative estimate of drug-likeness (QED) is 0.270. The summed E-state index contributed by atoms with van der Waals surface area (Å²) in [5.74, 6) is -0.396. The first-order valence-electron chi connectivity index (χ1n) is 9.00. The molecule has 31 heavy (non-hydrogen) atoms. The van der Waals surface area contributed by atoms with Gasteiger partial charge in [-0.05, 0) is 40.2 Å². The van der Waals surface area contributed by atoms with Crippen molar-refractivity contribution < 1.29 is 9.85 Å². The van der Waals surface area contributed by atoms with Gasteiger partial charge in [0.2, 0.25) is 0 Å². The molecule has 1 heterocycles. The fraction of sp³-hybridized carbons (Fsp3) is 0.158. The van der Waals surface area contributed by atoms with Gasteiger partial charge in [-0.25, -0.2) is 4.98 Å². The summed E-state index contributed by atoms with van der Waals surface area (Å²) >= 11 is 12.1. The minimum atomic E-state index is -0.613. The predicted octanol–water partition coefficient (Wildman–Crippen LogP) is 4.47. The Morgan fingerprint density at radius 1 is 0.968 bits per heavy atom. The number of halogens is 2. The van der Waals surface area contributed by atoms with Gasteiger partial charge in [0.05, 0.1) is 15.6 Å². The molecule has 12 heteroatoms. The van der Waals surface area contributed by atoms with Gasteiger partial charge in [0.1, 0.15) is 0 Å². The van der Waals surface area contributed by atoms with Gasteiger partial charge in [0, 0.05) is 48.0 Å². The first-order valence-corrected chi connectivity index (χ1v) is 9.75. The van der Waals surface area contributed by atoms with E-state index in [9.17, 15) is 20.2 Å². The van der Waals surface area contributed by atoms with Gasteiger partial charge >= 0.3 is 5.82 Å². The topological polar surface area (TPSA) is 136 Å². The van der Waals surface area contributed by atoms with Crippen LogP contribution in [0.25, 0.3) is 11.3 Å². The number of benzene rings is 2. The Balaban J connectivity index is 1.61. The number of non-ortho nitro benzene ring substituents is 1. The normalized spacial score (nSPS) is 10.6. The molecule has 0 bridgehead atoms. The van der Waals surface area contributed by atoms with Gasteiger partial charge in [0.25, 0.3) is 5.69 Å². The molecule has 0 radical (unpaired) electrons. The number of hydrogen-bond donors (Lipinski definition) is 2. The van der Waals surface area contributed by atoms with Crippen LogP contribution in [0.1, 0.15) is 5.69 Å². The van der Waals surface area contributed by atoms with Crippen molar-refractivity contribution in [1.29, 1.82) is 0 Å². The molecule has 0 amide bonds. The third-order valence-electron chi connectivity index (χ3n) is 4.18. The van der Waals surface area contributed by atoms with E-state index in [2.05, 4.69) is 20.6 Å². The monoisotopic (exact) mass is 462 g/mol. The number of nitro groups is 2. The standard InChI is InChI=1S/C19H16Cl2N6O4/c20-12-1-6-16(17(21)9-12)18-19(27(30)31)24-11-14(25-18)10-22-7-8-23-13-2-4-15(5-3-13)26(28)29/h1-6,9,11,22-23H,7-8,10H2. The molecule has 3 aromatic rings. The molecule has 0 unspecified atom stereocenters. The summed E-state index contributed by atoms with van der Waals surface area (Å²) in [6.45, 7) is 1.42. The molecule has 0 spiro atoms. The number of nitro benzene ring substituents is 1. The van der Waals surface area contributed by atoms with Crippen molar-refractivity contribution in [1.82, 2.24) is 15.3 Å². The van der Waals surface area contributed by atoms with E-state index in [0.29, 0.717) is 35.9 Å². The highest BCUT2D eigenvalue weighted by Gasteiger charge is 2.22. The first-order chi connectivity index (χ1) is 14.8. The molecule has 0 atom stereocenters. The maximum Gasteiger partial charge on any atom is 0.390 e. The molecular formula is C19H16Cl2N6O4. The molecule has 0 aliphatic rings. The van der Waals surface area contributed by atoms with Crippen LogP contribution in [0.2, 0.25) is 10.0 Å². The van der Waals surface area contributed by atoms with Crippen molar-refractivity contribution in [3.8, 4) is 11.3 Å². The minimum absolute atomic E-state index is 0.0250. The average Bonchev–Trinajstić information content (AvgIpc) is 2.73. The molecular weight excluding hydrogens is 447 g/mol. The van der Waals surface area contributed by atoms with Crippen LogP contribution in [0.3, 0.4) is 0 Å². The van der Waals surface area contributed by atoms with E-state index in [0.717, 1.165) is 5.69 Å². The molecule has 0 saturated carbocycles. The predicted molar refractivity (Wildman–Crippen MR) is 117 cm³/mol. The van der Waals surface area contributed by atoms with Gasteiger partial charge in [-0.3, -0.25) is 10.1 Å². The van der Waals surface area contributed by atoms with E-state index in [1.807, 2.05) is 0 Å². The van der Waals surface area contributed by atoms with Crippen LogP contribution in [0.5, 0.6) is 0 Å². The average molecular weight is 463 g/mol. The molecule has 2 N–H and O–H groups in total. The number of aromatic nitrogens is 2. The van der Waals surface area contributed by atoms with Crippen LogP contribution in [-0.2, 0) is 6.54 Å². The lowest BCUT2D eigenvalue weighted by Gasteiger charge is -2.09. The smallest absolute Gasteiger partial charge is 0.384 e. The van der Waals surface area contributed by atoms with Crippen LogP contribution in [0.15, 0.2) is 48.7 Å². The fourth-order valence-corrected chi connectivity index (χ4v) is 3.21. The summed E-state index contributed by atoms with van der Waals surface area (Å²) in [5.41, 5.74) is 1.71. The fourth-order valence-electron chi connectivity index (χ4n) is 2.71. The van der Waals surface area contributed by atoms with Crippen LogP contribution >= 0.6 is 23.2 Å². The number of hydrogen-bond acceptors (Lipinski definition) is 8. The van der Waals surface area contributed by atoms with Crippen LogP contribution in [-0.4, -0.2) is 32.9 Å². The third-order valence-corrected chi connectivity index (χ3v) is 4.73. The van der Waals surface area contributed by atoms with E-state index in [-0.39, 0.29) is 16.4 Å². The van der Waals surface area contributed by atoms with Gasteiger partial charge in [-0.2, -0.15) is 0 Å². The summed E-state index contributed by atoms with van der Waals surface area (Å²) < 4.78 is 0. The van der Waals surface area contributed by atoms with Gasteiger partial charge in [-0.15, -0.1) is 0 Å². The molecule has 10 nitrogen and oxygen atoms in total. The molecule has 2 aromatic carbocycles. The molecule has 0 saturated heterocycles. The Morgan fingerprint density at radius 3 is 2.35 bits per heavy atom. The van der Waals surface area contributed by atoms with Crippen LogP contribution < -0.4 is 10.6 Å². The van der Waals surface area contributed by atoms with Gasteiger partial charge in [-0.1, -0.05) is 23.2 Å². The van der Waals surface area contributed by atoms with E-state index in [1.165, 1.54) is 24.4 Å². The first kappa shape index (κ1) is 22.3. The van der Waals surface area contributed by atoms with Crippen molar-refractivity contribution in [3.63, 3.8) is 0 Å². The maximum atomic E-state index is 11.3. The second kappa shape index (κ2) is 10.1. The number of nitrogens with zero attached hydrogens (tertiary/aromatic N) is 4. The highest BCUT2D eigenvalue weighted by atomic mass is 35.5. The zero-order chi connectivity index (χ0) is 22.4. The van der Waals surface area contributed by atoms with E-state index in [4.69, 9.17) is 23.2 Å². The summed E-state index contributed by atoms with van der Waals surface area (Å²) in [4.78, 5) is 29.2. The van der Waals surface area contributed by atoms with E-state index in [1.54, 1.807) is 24.3 Å². The summed E-state index contributed by atoms with van der Waals surface area (Å²) in [5, 5.41) is 28.9. The summed E-state index contributed by atoms with van der Waals surface area (Å²) in [7, 11) is 0. The van der Waals surface area contributed by atoms with Crippen molar-refractivity contribution in [2.75, 3.05) is 18.4 Å². The summed E-state index contributed by atoms with van der Waals surface area (Å²) in [6.07, 6.45) is 1.34. The molecule has 0 aliphatic carbocycles. The Bertz CT molecular complexity index is 1110. The molecule has 1 aromatic heterocycles. The van der Waals surface area contributed by atoms with Gasteiger partial charge in [0.15, 0.2) is 11.9 Å². The van der Waals surface area contributed by atoms with E-state index < -0.39 is 15.7 Å². The van der Waals surface area contributed by atoms with E-state index >= 15 is 0 Å². The number of nitrogens with one attached hydrogen (secondary N) is 2. The van der Waals surface area contributed by atoms with Gasteiger partial charge < -0.3 is 20.7 Å². The lowest BCUT2D eigenvalue weighted by molar-refractivity contribution is -0.389. The molecule has 160 valence electrons. The maximum absolute atomic E-state index is 11.3. The Hall–Kier alpha value is -3.34. The lowest BCUT2D eigenvalue weighted by Crippen LogP contribution is -2.22. The number of rotatable bonds is 9. The van der Waals surface area contributed by atoms with Crippen LogP contribution in [0.4, 0.5) is 17.2 Å². The van der Waals surface area contributed by atoms with Crippen LogP contribution in [0, 0.1) is 20.2 Å². The largest absolute Gasteiger partial charge is 0.390 e. The summed E-state index contributed by atoms with van der Waals surface area (Å²) in [6, 6.07) is 10.7. The third kappa shape index (κ3) is 5.85. The van der Waals surface area contributed by atoms with Crippen molar-refractivity contribution >= 4 is 40.4 Å². The SMILES string of the molecule is O=[N+]([O-])c1ccc(NCCNCc2cnc([N+](=O)[O-])c(-c3ccc(Cl)cc3Cl)n2)cc1. The zero-order valence-corrected chi connectivity index (χ0v) is 17.4. The Kier molecular flexibility index (Phi) is 7.29. The minimum Gasteiger partial charge on any atom is -0.384 e. The second-order valence-electron chi connectivity index (χ2n) is 6.32. The number of anilines is 1. The molecule has 0 fully saturated rings. The van der Waals surface area contributed by atoms with Crippen molar-refractivity contribution in [2.24, 2.45) is 0 Å². The second-order valence-corrected chi connectivity index (χ2v) is 7.17. The highest BCUT2D eigenvalue weighted by molar-refractivity contribution is 6.36. The lowest BCUT2D eigenvalue weighted by atomic mass is 10.1. The highest BCUT2D eigenvalue weighted by Crippen LogP contribution is 2.33.